The zero-order chi connectivity index (χ0) is 19.5. The molecule has 1 heterocycles. The molecule has 7 heteroatoms. The SMILES string of the molecule is COc1ccc(C2(CNS(=O)(=O)c3cc(Cl)ccc3C)CCOCC2)cc1. The van der Waals surface area contributed by atoms with Gasteiger partial charge < -0.3 is 9.47 Å². The second-order valence-corrected chi connectivity index (χ2v) is 9.03. The fraction of sp³-hybridized carbons (Fsp3) is 0.400. The maximum absolute atomic E-state index is 12.9. The summed E-state index contributed by atoms with van der Waals surface area (Å²) in [6.07, 6.45) is 1.49. The number of hydrogen-bond acceptors (Lipinski definition) is 4. The summed E-state index contributed by atoms with van der Waals surface area (Å²) in [7, 11) is -2.05. The van der Waals surface area contributed by atoms with Crippen molar-refractivity contribution in [3.05, 3.63) is 58.6 Å². The Morgan fingerprint density at radius 2 is 1.81 bits per heavy atom. The van der Waals surface area contributed by atoms with Crippen LogP contribution in [0.1, 0.15) is 24.0 Å². The number of hydrogen-bond donors (Lipinski definition) is 1. The summed E-state index contributed by atoms with van der Waals surface area (Å²) in [5.41, 5.74) is 1.43. The van der Waals surface area contributed by atoms with Gasteiger partial charge in [-0.15, -0.1) is 0 Å². The van der Waals surface area contributed by atoms with E-state index in [0.29, 0.717) is 30.3 Å². The van der Waals surface area contributed by atoms with Gasteiger partial charge in [0, 0.05) is 30.2 Å². The Labute approximate surface area is 165 Å². The average Bonchev–Trinajstić information content (AvgIpc) is 2.69. The fourth-order valence-corrected chi connectivity index (χ4v) is 5.08. The zero-order valence-corrected chi connectivity index (χ0v) is 17.1. The van der Waals surface area contributed by atoms with Crippen molar-refractivity contribution >= 4 is 21.6 Å². The van der Waals surface area contributed by atoms with E-state index in [0.717, 1.165) is 24.2 Å². The van der Waals surface area contributed by atoms with Crippen LogP contribution in [0.25, 0.3) is 0 Å². The summed E-state index contributed by atoms with van der Waals surface area (Å²) in [6, 6.07) is 12.7. The van der Waals surface area contributed by atoms with Crippen LogP contribution >= 0.6 is 11.6 Å². The molecule has 3 rings (SSSR count). The van der Waals surface area contributed by atoms with E-state index in [-0.39, 0.29) is 10.3 Å². The van der Waals surface area contributed by atoms with E-state index in [4.69, 9.17) is 21.1 Å². The average molecular weight is 410 g/mol. The van der Waals surface area contributed by atoms with Gasteiger partial charge in [-0.1, -0.05) is 29.8 Å². The largest absolute Gasteiger partial charge is 0.497 e. The van der Waals surface area contributed by atoms with Crippen molar-refractivity contribution in [2.45, 2.75) is 30.1 Å². The van der Waals surface area contributed by atoms with Crippen molar-refractivity contribution in [2.24, 2.45) is 0 Å². The highest BCUT2D eigenvalue weighted by atomic mass is 35.5. The van der Waals surface area contributed by atoms with E-state index in [1.54, 1.807) is 26.2 Å². The summed E-state index contributed by atoms with van der Waals surface area (Å²) in [5.74, 6) is 0.774. The third kappa shape index (κ3) is 4.46. The molecule has 0 aromatic heterocycles. The molecule has 0 bridgehead atoms. The lowest BCUT2D eigenvalue weighted by Crippen LogP contribution is -2.44. The first-order chi connectivity index (χ1) is 12.9. The van der Waals surface area contributed by atoms with Crippen LogP contribution in [-0.4, -0.2) is 35.3 Å². The lowest BCUT2D eigenvalue weighted by Gasteiger charge is -2.38. The number of benzene rings is 2. The lowest BCUT2D eigenvalue weighted by molar-refractivity contribution is 0.0517. The van der Waals surface area contributed by atoms with E-state index in [1.807, 2.05) is 24.3 Å². The fourth-order valence-electron chi connectivity index (χ4n) is 3.45. The highest BCUT2D eigenvalue weighted by Crippen LogP contribution is 2.35. The molecular weight excluding hydrogens is 386 g/mol. The predicted molar refractivity (Wildman–Crippen MR) is 106 cm³/mol. The first-order valence-electron chi connectivity index (χ1n) is 8.84. The molecule has 0 radical (unpaired) electrons. The van der Waals surface area contributed by atoms with Gasteiger partial charge in [-0.3, -0.25) is 0 Å². The minimum absolute atomic E-state index is 0.215. The second-order valence-electron chi connectivity index (χ2n) is 6.86. The molecule has 0 unspecified atom stereocenters. The maximum Gasteiger partial charge on any atom is 0.240 e. The molecule has 1 aliphatic heterocycles. The molecule has 1 aliphatic rings. The molecule has 1 fully saturated rings. The topological polar surface area (TPSA) is 64.6 Å². The Morgan fingerprint density at radius 3 is 2.44 bits per heavy atom. The molecule has 27 heavy (non-hydrogen) atoms. The number of nitrogens with one attached hydrogen (secondary N) is 1. The molecule has 0 atom stereocenters. The van der Waals surface area contributed by atoms with Crippen molar-refractivity contribution < 1.29 is 17.9 Å². The summed E-state index contributed by atoms with van der Waals surface area (Å²) in [5, 5.41) is 0.400. The molecule has 1 N–H and O–H groups in total. The Balaban J connectivity index is 1.87. The molecule has 5 nitrogen and oxygen atoms in total. The molecule has 0 saturated carbocycles. The van der Waals surface area contributed by atoms with Gasteiger partial charge in [-0.2, -0.15) is 0 Å². The highest BCUT2D eigenvalue weighted by molar-refractivity contribution is 7.89. The second kappa shape index (κ2) is 8.19. The van der Waals surface area contributed by atoms with Crippen LogP contribution < -0.4 is 9.46 Å². The van der Waals surface area contributed by atoms with Gasteiger partial charge in [-0.05, 0) is 55.2 Å². The van der Waals surface area contributed by atoms with E-state index < -0.39 is 10.0 Å². The number of ether oxygens (including phenoxy) is 2. The third-order valence-electron chi connectivity index (χ3n) is 5.19. The van der Waals surface area contributed by atoms with Gasteiger partial charge in [0.2, 0.25) is 10.0 Å². The summed E-state index contributed by atoms with van der Waals surface area (Å²) in [4.78, 5) is 0.215. The van der Waals surface area contributed by atoms with Gasteiger partial charge in [0.05, 0.1) is 12.0 Å². The van der Waals surface area contributed by atoms with Crippen LogP contribution in [0.5, 0.6) is 5.75 Å². The predicted octanol–water partition coefficient (Wildman–Crippen LogP) is 3.68. The Morgan fingerprint density at radius 1 is 1.15 bits per heavy atom. The third-order valence-corrected chi connectivity index (χ3v) is 6.97. The highest BCUT2D eigenvalue weighted by Gasteiger charge is 2.36. The zero-order valence-electron chi connectivity index (χ0n) is 15.5. The number of methoxy groups -OCH3 is 1. The minimum atomic E-state index is -3.67. The quantitative estimate of drug-likeness (QED) is 0.790. The maximum atomic E-state index is 12.9. The smallest absolute Gasteiger partial charge is 0.240 e. The summed E-state index contributed by atoms with van der Waals surface area (Å²) < 4.78 is 39.4. The Bertz CT molecular complexity index is 891. The van der Waals surface area contributed by atoms with Crippen molar-refractivity contribution in [3.8, 4) is 5.75 Å². The van der Waals surface area contributed by atoms with Gasteiger partial charge in [0.1, 0.15) is 5.75 Å². The molecule has 0 aliphatic carbocycles. The van der Waals surface area contributed by atoms with Crippen LogP contribution in [0.15, 0.2) is 47.4 Å². The molecule has 2 aromatic rings. The number of halogens is 1. The van der Waals surface area contributed by atoms with E-state index in [1.165, 1.54) is 6.07 Å². The van der Waals surface area contributed by atoms with Crippen molar-refractivity contribution in [3.63, 3.8) is 0 Å². The Kier molecular flexibility index (Phi) is 6.11. The summed E-state index contributed by atoms with van der Waals surface area (Å²) >= 11 is 6.00. The van der Waals surface area contributed by atoms with Gasteiger partial charge in [-0.25, -0.2) is 13.1 Å². The molecule has 2 aromatic carbocycles. The molecule has 0 spiro atoms. The van der Waals surface area contributed by atoms with Crippen molar-refractivity contribution in [1.29, 1.82) is 0 Å². The molecule has 146 valence electrons. The van der Waals surface area contributed by atoms with Crippen LogP contribution in [0.4, 0.5) is 0 Å². The van der Waals surface area contributed by atoms with E-state index in [9.17, 15) is 8.42 Å². The standard InChI is InChI=1S/C20H24ClNO4S/c1-15-3-6-17(21)13-19(15)27(23,24)22-14-20(9-11-26-12-10-20)16-4-7-18(25-2)8-5-16/h3-8,13,22H,9-12,14H2,1-2H3. The number of aryl methyl sites for hydroxylation is 1. The van der Waals surface area contributed by atoms with Crippen LogP contribution in [-0.2, 0) is 20.2 Å². The van der Waals surface area contributed by atoms with Gasteiger partial charge >= 0.3 is 0 Å². The first kappa shape index (κ1) is 20.1. The van der Waals surface area contributed by atoms with Crippen LogP contribution in [0.3, 0.4) is 0 Å². The first-order valence-corrected chi connectivity index (χ1v) is 10.7. The van der Waals surface area contributed by atoms with Gasteiger partial charge in [0.15, 0.2) is 0 Å². The van der Waals surface area contributed by atoms with E-state index >= 15 is 0 Å². The van der Waals surface area contributed by atoms with Crippen LogP contribution in [0, 0.1) is 6.92 Å². The Hall–Kier alpha value is -1.60. The van der Waals surface area contributed by atoms with Gasteiger partial charge in [0.25, 0.3) is 0 Å². The normalized spacial score (nSPS) is 16.9. The lowest BCUT2D eigenvalue weighted by atomic mass is 9.74. The molecule has 0 amide bonds. The molecular formula is C20H24ClNO4S. The molecule has 1 saturated heterocycles. The minimum Gasteiger partial charge on any atom is -0.497 e. The van der Waals surface area contributed by atoms with Crippen molar-refractivity contribution in [2.75, 3.05) is 26.9 Å². The van der Waals surface area contributed by atoms with Crippen molar-refractivity contribution in [1.82, 2.24) is 4.72 Å². The number of sulfonamides is 1. The van der Waals surface area contributed by atoms with E-state index in [2.05, 4.69) is 4.72 Å². The monoisotopic (exact) mass is 409 g/mol. The summed E-state index contributed by atoms with van der Waals surface area (Å²) in [6.45, 7) is 3.27. The number of rotatable bonds is 6. The van der Waals surface area contributed by atoms with Crippen LogP contribution in [0.2, 0.25) is 5.02 Å².